The fraction of sp³-hybridized carbons (Fsp3) is 0.500. The predicted octanol–water partition coefficient (Wildman–Crippen LogP) is 2.63. The molecule has 4 nitrogen and oxygen atoms in total. The second-order valence-corrected chi connectivity index (χ2v) is 4.98. The largest absolute Gasteiger partial charge is 0.469 e. The molecule has 1 aromatic rings. The van der Waals surface area contributed by atoms with Crippen LogP contribution in [0.25, 0.3) is 0 Å². The fourth-order valence-corrected chi connectivity index (χ4v) is 1.96. The molecule has 0 aliphatic heterocycles. The van der Waals surface area contributed by atoms with Gasteiger partial charge in [0.1, 0.15) is 5.15 Å². The van der Waals surface area contributed by atoms with E-state index in [1.165, 1.54) is 7.11 Å². The first-order chi connectivity index (χ1) is 8.43. The third-order valence-corrected chi connectivity index (χ3v) is 3.05. The maximum Gasteiger partial charge on any atom is 0.309 e. The number of carbonyl (C=O) groups excluding carboxylic acids is 1. The summed E-state index contributed by atoms with van der Waals surface area (Å²) in [5.74, 6) is -0.426. The van der Waals surface area contributed by atoms with Crippen LogP contribution < -0.4 is 0 Å². The number of hydrogen-bond donors (Lipinski definition) is 0. The van der Waals surface area contributed by atoms with Gasteiger partial charge in [-0.15, -0.1) is 0 Å². The van der Waals surface area contributed by atoms with Crippen molar-refractivity contribution in [2.75, 3.05) is 20.7 Å². The van der Waals surface area contributed by atoms with E-state index >= 15 is 0 Å². The van der Waals surface area contributed by atoms with E-state index < -0.39 is 0 Å². The summed E-state index contributed by atoms with van der Waals surface area (Å²) in [5, 5.41) is 0.973. The van der Waals surface area contributed by atoms with Crippen molar-refractivity contribution in [3.63, 3.8) is 0 Å². The quantitative estimate of drug-likeness (QED) is 0.618. The molecule has 0 amide bonds. The first kappa shape index (κ1) is 15.2. The van der Waals surface area contributed by atoms with Crippen molar-refractivity contribution >= 4 is 29.2 Å². The summed E-state index contributed by atoms with van der Waals surface area (Å²) < 4.78 is 4.68. The SMILES string of the molecule is COC(=O)C(C)CN(C)Cc1nc(Cl)ccc1Cl. The Morgan fingerprint density at radius 2 is 2.17 bits per heavy atom. The summed E-state index contributed by atoms with van der Waals surface area (Å²) in [6.07, 6.45) is 0. The topological polar surface area (TPSA) is 42.4 Å². The number of aromatic nitrogens is 1. The minimum absolute atomic E-state index is 0.196. The van der Waals surface area contributed by atoms with Crippen LogP contribution in [0.5, 0.6) is 0 Å². The molecule has 0 aliphatic rings. The number of rotatable bonds is 5. The van der Waals surface area contributed by atoms with Crippen LogP contribution in [-0.2, 0) is 16.1 Å². The minimum Gasteiger partial charge on any atom is -0.469 e. The number of halogens is 2. The maximum atomic E-state index is 11.3. The van der Waals surface area contributed by atoms with Gasteiger partial charge in [0, 0.05) is 13.1 Å². The van der Waals surface area contributed by atoms with E-state index in [0.29, 0.717) is 29.0 Å². The van der Waals surface area contributed by atoms with Crippen LogP contribution in [0.4, 0.5) is 0 Å². The van der Waals surface area contributed by atoms with Gasteiger partial charge in [-0.3, -0.25) is 9.69 Å². The molecule has 1 rings (SSSR count). The highest BCUT2D eigenvalue weighted by Crippen LogP contribution is 2.18. The number of pyridine rings is 1. The molecule has 0 N–H and O–H groups in total. The van der Waals surface area contributed by atoms with Gasteiger partial charge in [0.15, 0.2) is 0 Å². The number of ether oxygens (including phenoxy) is 1. The highest BCUT2D eigenvalue weighted by molar-refractivity contribution is 6.32. The molecule has 1 unspecified atom stereocenters. The molecule has 100 valence electrons. The Labute approximate surface area is 117 Å². The Morgan fingerprint density at radius 3 is 2.78 bits per heavy atom. The lowest BCUT2D eigenvalue weighted by molar-refractivity contribution is -0.145. The van der Waals surface area contributed by atoms with Crippen LogP contribution in [0.15, 0.2) is 12.1 Å². The van der Waals surface area contributed by atoms with Crippen molar-refractivity contribution in [2.24, 2.45) is 5.92 Å². The zero-order valence-corrected chi connectivity index (χ0v) is 12.1. The summed E-state index contributed by atoms with van der Waals surface area (Å²) in [7, 11) is 3.27. The van der Waals surface area contributed by atoms with Gasteiger partial charge < -0.3 is 4.74 Å². The molecule has 0 saturated heterocycles. The molecule has 0 aliphatic carbocycles. The van der Waals surface area contributed by atoms with Crippen LogP contribution in [0, 0.1) is 5.92 Å². The van der Waals surface area contributed by atoms with Gasteiger partial charge in [-0.05, 0) is 19.2 Å². The predicted molar refractivity (Wildman–Crippen MR) is 71.8 cm³/mol. The Bertz CT molecular complexity index is 427. The average molecular weight is 291 g/mol. The van der Waals surface area contributed by atoms with Crippen LogP contribution in [0.1, 0.15) is 12.6 Å². The summed E-state index contributed by atoms with van der Waals surface area (Å²) in [6.45, 7) is 2.91. The van der Waals surface area contributed by atoms with Crippen LogP contribution in [0.2, 0.25) is 10.2 Å². The Morgan fingerprint density at radius 1 is 1.50 bits per heavy atom. The third kappa shape index (κ3) is 4.44. The molecule has 18 heavy (non-hydrogen) atoms. The highest BCUT2D eigenvalue weighted by Gasteiger charge is 2.16. The van der Waals surface area contributed by atoms with E-state index in [1.54, 1.807) is 12.1 Å². The van der Waals surface area contributed by atoms with E-state index in [0.717, 1.165) is 0 Å². The monoisotopic (exact) mass is 290 g/mol. The van der Waals surface area contributed by atoms with Crippen molar-refractivity contribution in [3.05, 3.63) is 28.0 Å². The van der Waals surface area contributed by atoms with E-state index in [9.17, 15) is 4.79 Å². The minimum atomic E-state index is -0.230. The van der Waals surface area contributed by atoms with Crippen LogP contribution in [-0.4, -0.2) is 36.6 Å². The Hall–Kier alpha value is -0.840. The van der Waals surface area contributed by atoms with E-state index in [1.807, 2.05) is 18.9 Å². The van der Waals surface area contributed by atoms with E-state index in [2.05, 4.69) is 9.72 Å². The van der Waals surface area contributed by atoms with E-state index in [4.69, 9.17) is 23.2 Å². The van der Waals surface area contributed by atoms with Crippen molar-refractivity contribution in [3.8, 4) is 0 Å². The molecule has 6 heteroatoms. The van der Waals surface area contributed by atoms with Gasteiger partial charge in [0.2, 0.25) is 0 Å². The number of hydrogen-bond acceptors (Lipinski definition) is 4. The molecular formula is C12H16Cl2N2O2. The molecule has 0 spiro atoms. The van der Waals surface area contributed by atoms with Gasteiger partial charge in [0.05, 0.1) is 23.7 Å². The maximum absolute atomic E-state index is 11.3. The van der Waals surface area contributed by atoms with Crippen molar-refractivity contribution in [1.82, 2.24) is 9.88 Å². The first-order valence-electron chi connectivity index (χ1n) is 5.51. The molecule has 0 bridgehead atoms. The average Bonchev–Trinajstić information content (AvgIpc) is 2.32. The van der Waals surface area contributed by atoms with Crippen LogP contribution in [0.3, 0.4) is 0 Å². The molecule has 0 saturated carbocycles. The molecule has 0 radical (unpaired) electrons. The third-order valence-electron chi connectivity index (χ3n) is 2.49. The summed E-state index contributed by atoms with van der Waals surface area (Å²) in [5.41, 5.74) is 0.698. The molecule has 0 aromatic carbocycles. The highest BCUT2D eigenvalue weighted by atomic mass is 35.5. The lowest BCUT2D eigenvalue weighted by Crippen LogP contribution is -2.29. The first-order valence-corrected chi connectivity index (χ1v) is 6.27. The van der Waals surface area contributed by atoms with Crippen molar-refractivity contribution in [1.29, 1.82) is 0 Å². The van der Waals surface area contributed by atoms with Gasteiger partial charge in [-0.25, -0.2) is 4.98 Å². The standard InChI is InChI=1S/C12H16Cl2N2O2/c1-8(12(17)18-3)6-16(2)7-10-9(13)4-5-11(14)15-10/h4-5,8H,6-7H2,1-3H3. The molecule has 1 heterocycles. The zero-order valence-electron chi connectivity index (χ0n) is 10.6. The summed E-state index contributed by atoms with van der Waals surface area (Å²) in [6, 6.07) is 3.36. The number of carbonyl (C=O) groups is 1. The molecule has 1 atom stereocenters. The van der Waals surface area contributed by atoms with Gasteiger partial charge >= 0.3 is 5.97 Å². The summed E-state index contributed by atoms with van der Waals surface area (Å²) >= 11 is 11.8. The molecular weight excluding hydrogens is 275 g/mol. The lowest BCUT2D eigenvalue weighted by atomic mass is 10.1. The van der Waals surface area contributed by atoms with E-state index in [-0.39, 0.29) is 11.9 Å². The normalized spacial score (nSPS) is 12.6. The smallest absolute Gasteiger partial charge is 0.309 e. The Kier molecular flexibility index (Phi) is 5.85. The van der Waals surface area contributed by atoms with Gasteiger partial charge in [0.25, 0.3) is 0 Å². The van der Waals surface area contributed by atoms with Crippen molar-refractivity contribution < 1.29 is 9.53 Å². The zero-order chi connectivity index (χ0) is 13.7. The Balaban J connectivity index is 2.61. The second kappa shape index (κ2) is 6.92. The fourth-order valence-electron chi connectivity index (χ4n) is 1.63. The van der Waals surface area contributed by atoms with Gasteiger partial charge in [-0.1, -0.05) is 30.1 Å². The summed E-state index contributed by atoms with van der Waals surface area (Å²) in [4.78, 5) is 17.4. The molecule has 0 fully saturated rings. The molecule has 1 aromatic heterocycles. The lowest BCUT2D eigenvalue weighted by Gasteiger charge is -2.20. The number of esters is 1. The number of nitrogens with zero attached hydrogens (tertiary/aromatic N) is 2. The second-order valence-electron chi connectivity index (χ2n) is 4.18. The van der Waals surface area contributed by atoms with Crippen LogP contribution >= 0.6 is 23.2 Å². The van der Waals surface area contributed by atoms with Gasteiger partial charge in [-0.2, -0.15) is 0 Å². The van der Waals surface area contributed by atoms with Crippen molar-refractivity contribution in [2.45, 2.75) is 13.5 Å². The number of methoxy groups -OCH3 is 1.